The van der Waals surface area contributed by atoms with E-state index in [2.05, 4.69) is 10.2 Å². The van der Waals surface area contributed by atoms with Crippen LogP contribution in [-0.4, -0.2) is 46.8 Å². The van der Waals surface area contributed by atoms with Crippen LogP contribution < -0.4 is 0 Å². The van der Waals surface area contributed by atoms with Gasteiger partial charge in [0, 0.05) is 37.5 Å². The fourth-order valence-corrected chi connectivity index (χ4v) is 2.99. The molecule has 19 heavy (non-hydrogen) atoms. The molecule has 1 aliphatic heterocycles. The number of amides is 1. The molecule has 2 aliphatic rings. The van der Waals surface area contributed by atoms with Gasteiger partial charge in [-0.1, -0.05) is 0 Å². The Balaban J connectivity index is 1.58. The Hall–Kier alpha value is -1.36. The van der Waals surface area contributed by atoms with Gasteiger partial charge >= 0.3 is 0 Å². The van der Waals surface area contributed by atoms with E-state index in [0.717, 1.165) is 38.0 Å². The molecular weight excluding hydrogens is 242 g/mol. The van der Waals surface area contributed by atoms with Crippen molar-refractivity contribution in [1.82, 2.24) is 15.1 Å². The topological polar surface area (TPSA) is 58.2 Å². The van der Waals surface area contributed by atoms with E-state index in [1.54, 1.807) is 6.20 Å². The third-order valence-corrected chi connectivity index (χ3v) is 4.13. The molecule has 2 heterocycles. The van der Waals surface area contributed by atoms with Gasteiger partial charge in [-0.3, -0.25) is 9.89 Å². The van der Waals surface area contributed by atoms with Crippen LogP contribution in [0.2, 0.25) is 0 Å². The van der Waals surface area contributed by atoms with Gasteiger partial charge in [0.05, 0.1) is 12.0 Å². The van der Waals surface area contributed by atoms with Crippen molar-refractivity contribution in [3.05, 3.63) is 18.0 Å². The van der Waals surface area contributed by atoms with Gasteiger partial charge < -0.3 is 9.64 Å². The second-order valence-electron chi connectivity index (χ2n) is 5.47. The zero-order chi connectivity index (χ0) is 13.2. The molecule has 0 unspecified atom stereocenters. The minimum absolute atomic E-state index is 0.112. The van der Waals surface area contributed by atoms with Crippen LogP contribution in [0.25, 0.3) is 0 Å². The maximum absolute atomic E-state index is 12.4. The van der Waals surface area contributed by atoms with Crippen LogP contribution in [0.4, 0.5) is 0 Å². The lowest BCUT2D eigenvalue weighted by Crippen LogP contribution is -2.40. The smallest absolute Gasteiger partial charge is 0.228 e. The number of carbonyl (C=O) groups is 1. The van der Waals surface area contributed by atoms with Crippen molar-refractivity contribution >= 4 is 5.91 Å². The van der Waals surface area contributed by atoms with Crippen LogP contribution in [0, 0.1) is 5.92 Å². The standard InChI is InChI=1S/C14H21N3O2/c1-2-19-13-8-11(13)14(18)17-7-3-4-10(9-17)12-5-6-15-16-12/h5-6,10-11,13H,2-4,7-9H2,1H3,(H,15,16)/t10-,11+,13-/m1/s1. The van der Waals surface area contributed by atoms with Crippen molar-refractivity contribution in [1.29, 1.82) is 0 Å². The van der Waals surface area contributed by atoms with Crippen LogP contribution in [-0.2, 0) is 9.53 Å². The summed E-state index contributed by atoms with van der Waals surface area (Å²) >= 11 is 0. The summed E-state index contributed by atoms with van der Waals surface area (Å²) in [4.78, 5) is 14.4. The average molecular weight is 263 g/mol. The number of aromatic amines is 1. The first-order valence-electron chi connectivity index (χ1n) is 7.19. The monoisotopic (exact) mass is 263 g/mol. The van der Waals surface area contributed by atoms with Crippen LogP contribution in [0.3, 0.4) is 0 Å². The predicted octanol–water partition coefficient (Wildman–Crippen LogP) is 1.54. The molecular formula is C14H21N3O2. The van der Waals surface area contributed by atoms with Crippen molar-refractivity contribution in [3.8, 4) is 0 Å². The first-order valence-corrected chi connectivity index (χ1v) is 7.19. The molecule has 0 aromatic carbocycles. The Morgan fingerprint density at radius 3 is 3.26 bits per heavy atom. The summed E-state index contributed by atoms with van der Waals surface area (Å²) < 4.78 is 5.51. The van der Waals surface area contributed by atoms with Gasteiger partial charge in [0.25, 0.3) is 0 Å². The zero-order valence-electron chi connectivity index (χ0n) is 11.3. The Bertz CT molecular complexity index is 432. The van der Waals surface area contributed by atoms with Crippen LogP contribution in [0.5, 0.6) is 0 Å². The molecule has 0 bridgehead atoms. The highest BCUT2D eigenvalue weighted by Crippen LogP contribution is 2.37. The van der Waals surface area contributed by atoms with Crippen molar-refractivity contribution in [3.63, 3.8) is 0 Å². The number of ether oxygens (including phenoxy) is 1. The molecule has 1 aliphatic carbocycles. The largest absolute Gasteiger partial charge is 0.378 e. The molecule has 1 aromatic heterocycles. The molecule has 3 rings (SSSR count). The van der Waals surface area contributed by atoms with E-state index in [1.807, 2.05) is 17.9 Å². The molecule has 1 N–H and O–H groups in total. The second kappa shape index (κ2) is 5.33. The molecule has 1 saturated heterocycles. The highest BCUT2D eigenvalue weighted by atomic mass is 16.5. The van der Waals surface area contributed by atoms with E-state index >= 15 is 0 Å². The van der Waals surface area contributed by atoms with E-state index < -0.39 is 0 Å². The molecule has 0 spiro atoms. The molecule has 2 fully saturated rings. The first-order chi connectivity index (χ1) is 9.29. The summed E-state index contributed by atoms with van der Waals surface area (Å²) in [5, 5.41) is 7.03. The number of rotatable bonds is 4. The number of H-pyrrole nitrogens is 1. The number of piperidine rings is 1. The molecule has 3 atom stereocenters. The highest BCUT2D eigenvalue weighted by Gasteiger charge is 2.46. The number of hydrogen-bond acceptors (Lipinski definition) is 3. The Kier molecular flexibility index (Phi) is 3.55. The maximum Gasteiger partial charge on any atom is 0.228 e. The number of likely N-dealkylation sites (tertiary alicyclic amines) is 1. The number of nitrogens with one attached hydrogen (secondary N) is 1. The summed E-state index contributed by atoms with van der Waals surface area (Å²) in [5.41, 5.74) is 1.15. The third-order valence-electron chi connectivity index (χ3n) is 4.13. The summed E-state index contributed by atoms with van der Waals surface area (Å²) in [6, 6.07) is 2.01. The van der Waals surface area contributed by atoms with Crippen LogP contribution >= 0.6 is 0 Å². The lowest BCUT2D eigenvalue weighted by Gasteiger charge is -2.32. The summed E-state index contributed by atoms with van der Waals surface area (Å²) in [7, 11) is 0. The average Bonchev–Trinajstić information content (AvgIpc) is 3.00. The van der Waals surface area contributed by atoms with E-state index in [0.29, 0.717) is 12.5 Å². The molecule has 0 radical (unpaired) electrons. The lowest BCUT2D eigenvalue weighted by atomic mass is 9.94. The van der Waals surface area contributed by atoms with Crippen LogP contribution in [0.15, 0.2) is 12.3 Å². The Morgan fingerprint density at radius 1 is 1.63 bits per heavy atom. The zero-order valence-corrected chi connectivity index (χ0v) is 11.3. The Labute approximate surface area is 113 Å². The molecule has 1 saturated carbocycles. The molecule has 1 amide bonds. The van der Waals surface area contributed by atoms with Gasteiger partial charge in [0.15, 0.2) is 0 Å². The van der Waals surface area contributed by atoms with E-state index in [4.69, 9.17) is 4.74 Å². The number of hydrogen-bond donors (Lipinski definition) is 1. The predicted molar refractivity (Wildman–Crippen MR) is 70.7 cm³/mol. The van der Waals surface area contributed by atoms with Crippen molar-refractivity contribution in [2.75, 3.05) is 19.7 Å². The van der Waals surface area contributed by atoms with Crippen molar-refractivity contribution in [2.45, 2.75) is 38.2 Å². The lowest BCUT2D eigenvalue weighted by molar-refractivity contribution is -0.134. The van der Waals surface area contributed by atoms with Crippen molar-refractivity contribution < 1.29 is 9.53 Å². The van der Waals surface area contributed by atoms with Gasteiger partial charge in [-0.15, -0.1) is 0 Å². The molecule has 104 valence electrons. The van der Waals surface area contributed by atoms with Gasteiger partial charge in [-0.2, -0.15) is 5.10 Å². The molecule has 1 aromatic rings. The van der Waals surface area contributed by atoms with Gasteiger partial charge in [0.1, 0.15) is 0 Å². The summed E-state index contributed by atoms with van der Waals surface area (Å²) in [5.74, 6) is 0.799. The summed E-state index contributed by atoms with van der Waals surface area (Å²) in [6.45, 7) is 4.38. The van der Waals surface area contributed by atoms with Gasteiger partial charge in [0.2, 0.25) is 5.91 Å². The normalized spacial score (nSPS) is 30.4. The number of nitrogens with zero attached hydrogens (tertiary/aromatic N) is 2. The SMILES string of the molecule is CCO[C@@H]1C[C@@H]1C(=O)N1CCC[C@@H](c2ccn[nH]2)C1. The number of aromatic nitrogens is 2. The molecule has 5 nitrogen and oxygen atoms in total. The van der Waals surface area contributed by atoms with E-state index in [9.17, 15) is 4.79 Å². The Morgan fingerprint density at radius 2 is 2.53 bits per heavy atom. The highest BCUT2D eigenvalue weighted by molar-refractivity contribution is 5.82. The molecule has 5 heteroatoms. The quantitative estimate of drug-likeness (QED) is 0.896. The van der Waals surface area contributed by atoms with Gasteiger partial charge in [-0.05, 0) is 32.3 Å². The minimum Gasteiger partial charge on any atom is -0.378 e. The van der Waals surface area contributed by atoms with E-state index in [1.165, 1.54) is 0 Å². The van der Waals surface area contributed by atoms with Crippen LogP contribution in [0.1, 0.15) is 37.8 Å². The number of carbonyl (C=O) groups excluding carboxylic acids is 1. The minimum atomic E-state index is 0.112. The maximum atomic E-state index is 12.4. The fraction of sp³-hybridized carbons (Fsp3) is 0.714. The van der Waals surface area contributed by atoms with Gasteiger partial charge in [-0.25, -0.2) is 0 Å². The van der Waals surface area contributed by atoms with E-state index in [-0.39, 0.29) is 17.9 Å². The first kappa shape index (κ1) is 12.7. The second-order valence-corrected chi connectivity index (χ2v) is 5.47. The fourth-order valence-electron chi connectivity index (χ4n) is 2.99. The van der Waals surface area contributed by atoms with Crippen molar-refractivity contribution in [2.24, 2.45) is 5.92 Å². The summed E-state index contributed by atoms with van der Waals surface area (Å²) in [6.07, 6.45) is 5.05. The third kappa shape index (κ3) is 2.66.